The molecule has 0 radical (unpaired) electrons. The van der Waals surface area contributed by atoms with Crippen LogP contribution >= 0.6 is 0 Å². The highest BCUT2D eigenvalue weighted by molar-refractivity contribution is 5.26. The maximum Gasteiger partial charge on any atom is 0.00732 e. The van der Waals surface area contributed by atoms with E-state index in [0.29, 0.717) is 6.04 Å². The minimum Gasteiger partial charge on any atom is -0.327 e. The minimum absolute atomic E-state index is 0.416. The van der Waals surface area contributed by atoms with Gasteiger partial charge in [0.25, 0.3) is 0 Å². The summed E-state index contributed by atoms with van der Waals surface area (Å²) in [6.45, 7) is 4.57. The van der Waals surface area contributed by atoms with Gasteiger partial charge in [-0.1, -0.05) is 57.0 Å². The van der Waals surface area contributed by atoms with E-state index in [9.17, 15) is 0 Å². The number of benzene rings is 1. The summed E-state index contributed by atoms with van der Waals surface area (Å²) in [6, 6.07) is 11.3. The number of hydrogen-bond donors (Lipinski definition) is 1. The monoisotopic (exact) mass is 231 g/mol. The zero-order valence-corrected chi connectivity index (χ0v) is 11.1. The zero-order valence-electron chi connectivity index (χ0n) is 11.1. The van der Waals surface area contributed by atoms with Crippen molar-refractivity contribution in [1.82, 2.24) is 0 Å². The highest BCUT2D eigenvalue weighted by atomic mass is 14.7. The van der Waals surface area contributed by atoms with E-state index in [4.69, 9.17) is 5.73 Å². The third-order valence-corrected chi connectivity index (χ3v) is 3.94. The average Bonchev–Trinajstić information content (AvgIpc) is 3.09. The third kappa shape index (κ3) is 3.57. The van der Waals surface area contributed by atoms with Gasteiger partial charge in [-0.05, 0) is 36.2 Å². The van der Waals surface area contributed by atoms with Crippen LogP contribution in [0, 0.1) is 11.8 Å². The Kier molecular flexibility index (Phi) is 4.22. The van der Waals surface area contributed by atoms with E-state index in [1.54, 1.807) is 0 Å². The molecular weight excluding hydrogens is 206 g/mol. The van der Waals surface area contributed by atoms with Gasteiger partial charge in [-0.2, -0.15) is 0 Å². The van der Waals surface area contributed by atoms with E-state index in [0.717, 1.165) is 17.8 Å². The predicted molar refractivity (Wildman–Crippen MR) is 74.0 cm³/mol. The van der Waals surface area contributed by atoms with Crippen molar-refractivity contribution in [2.45, 2.75) is 51.5 Å². The summed E-state index contributed by atoms with van der Waals surface area (Å²) in [6.07, 6.45) is 5.10. The minimum atomic E-state index is 0.416. The molecule has 1 aliphatic carbocycles. The number of nitrogens with two attached hydrogens (primary N) is 1. The molecule has 3 atom stereocenters. The molecule has 0 heterocycles. The lowest BCUT2D eigenvalue weighted by Crippen LogP contribution is -2.23. The first-order valence-electron chi connectivity index (χ1n) is 6.99. The van der Waals surface area contributed by atoms with Gasteiger partial charge in [-0.3, -0.25) is 0 Å². The first-order valence-corrected chi connectivity index (χ1v) is 6.99. The summed E-state index contributed by atoms with van der Waals surface area (Å²) < 4.78 is 0. The van der Waals surface area contributed by atoms with Crippen LogP contribution in [0.4, 0.5) is 0 Å². The van der Waals surface area contributed by atoms with Gasteiger partial charge in [0, 0.05) is 6.04 Å². The van der Waals surface area contributed by atoms with Crippen LogP contribution in [0.1, 0.15) is 51.0 Å². The van der Waals surface area contributed by atoms with E-state index >= 15 is 0 Å². The topological polar surface area (TPSA) is 26.0 Å². The molecule has 1 aliphatic rings. The molecule has 0 amide bonds. The lowest BCUT2D eigenvalue weighted by Gasteiger charge is -2.12. The van der Waals surface area contributed by atoms with Gasteiger partial charge in [0.15, 0.2) is 0 Å². The highest BCUT2D eigenvalue weighted by Gasteiger charge is 2.41. The molecule has 0 bridgehead atoms. The highest BCUT2D eigenvalue weighted by Crippen LogP contribution is 2.49. The van der Waals surface area contributed by atoms with Crippen molar-refractivity contribution in [1.29, 1.82) is 0 Å². The van der Waals surface area contributed by atoms with Crippen LogP contribution in [0.2, 0.25) is 0 Å². The van der Waals surface area contributed by atoms with Crippen LogP contribution in [0.25, 0.3) is 0 Å². The van der Waals surface area contributed by atoms with Crippen molar-refractivity contribution in [3.05, 3.63) is 35.9 Å². The Bertz CT molecular complexity index is 331. The molecule has 1 saturated carbocycles. The van der Waals surface area contributed by atoms with E-state index in [-0.39, 0.29) is 0 Å². The Hall–Kier alpha value is -0.820. The van der Waals surface area contributed by atoms with Crippen molar-refractivity contribution in [2.24, 2.45) is 17.6 Å². The van der Waals surface area contributed by atoms with Crippen LogP contribution in [-0.4, -0.2) is 6.04 Å². The summed E-state index contributed by atoms with van der Waals surface area (Å²) in [5.74, 6) is 2.29. The van der Waals surface area contributed by atoms with Crippen molar-refractivity contribution in [3.63, 3.8) is 0 Å². The summed E-state index contributed by atoms with van der Waals surface area (Å²) in [5, 5.41) is 0. The van der Waals surface area contributed by atoms with Crippen LogP contribution in [0.3, 0.4) is 0 Å². The molecule has 0 aromatic heterocycles. The smallest absolute Gasteiger partial charge is 0.00732 e. The molecule has 0 spiro atoms. The first kappa shape index (κ1) is 12.6. The Morgan fingerprint density at radius 2 is 1.88 bits per heavy atom. The van der Waals surface area contributed by atoms with Crippen molar-refractivity contribution >= 4 is 0 Å². The standard InChI is InChI=1S/C16H25N/c1-12(2)7-6-10-16(17)15-11-14(15)13-8-4-3-5-9-13/h3-5,8-9,12,14-16H,6-7,10-11,17H2,1-2H3. The van der Waals surface area contributed by atoms with Gasteiger partial charge < -0.3 is 5.73 Å². The molecule has 1 aromatic rings. The summed E-state index contributed by atoms with van der Waals surface area (Å²) in [4.78, 5) is 0. The Balaban J connectivity index is 1.75. The van der Waals surface area contributed by atoms with E-state index < -0.39 is 0 Å². The van der Waals surface area contributed by atoms with Crippen LogP contribution in [0.5, 0.6) is 0 Å². The largest absolute Gasteiger partial charge is 0.327 e. The van der Waals surface area contributed by atoms with E-state index in [1.165, 1.54) is 31.2 Å². The molecule has 2 rings (SSSR count). The Morgan fingerprint density at radius 3 is 2.53 bits per heavy atom. The molecule has 3 unspecified atom stereocenters. The van der Waals surface area contributed by atoms with Gasteiger partial charge >= 0.3 is 0 Å². The van der Waals surface area contributed by atoms with Crippen LogP contribution < -0.4 is 5.73 Å². The van der Waals surface area contributed by atoms with Crippen LogP contribution in [0.15, 0.2) is 30.3 Å². The molecule has 1 fully saturated rings. The number of rotatable bonds is 6. The lowest BCUT2D eigenvalue weighted by molar-refractivity contribution is 0.468. The maximum atomic E-state index is 6.29. The van der Waals surface area contributed by atoms with Gasteiger partial charge in [0.05, 0.1) is 0 Å². The molecule has 94 valence electrons. The second kappa shape index (κ2) is 5.68. The molecule has 2 N–H and O–H groups in total. The van der Waals surface area contributed by atoms with Crippen molar-refractivity contribution in [2.75, 3.05) is 0 Å². The maximum absolute atomic E-state index is 6.29. The molecule has 17 heavy (non-hydrogen) atoms. The second-order valence-electron chi connectivity index (χ2n) is 5.91. The average molecular weight is 231 g/mol. The summed E-state index contributed by atoms with van der Waals surface area (Å²) in [7, 11) is 0. The fourth-order valence-electron chi connectivity index (χ4n) is 2.75. The van der Waals surface area contributed by atoms with Gasteiger partial charge in [0.2, 0.25) is 0 Å². The normalized spacial score (nSPS) is 24.9. The molecule has 1 aromatic carbocycles. The van der Waals surface area contributed by atoms with Crippen molar-refractivity contribution in [3.8, 4) is 0 Å². The van der Waals surface area contributed by atoms with Crippen molar-refractivity contribution < 1.29 is 0 Å². The molecule has 0 aliphatic heterocycles. The lowest BCUT2D eigenvalue weighted by atomic mass is 9.99. The summed E-state index contributed by atoms with van der Waals surface area (Å²) in [5.41, 5.74) is 7.78. The third-order valence-electron chi connectivity index (χ3n) is 3.94. The first-order chi connectivity index (χ1) is 8.18. The second-order valence-corrected chi connectivity index (χ2v) is 5.91. The fraction of sp³-hybridized carbons (Fsp3) is 0.625. The summed E-state index contributed by atoms with van der Waals surface area (Å²) >= 11 is 0. The van der Waals surface area contributed by atoms with E-state index in [1.807, 2.05) is 0 Å². The zero-order chi connectivity index (χ0) is 12.3. The Labute approximate surface area is 105 Å². The quantitative estimate of drug-likeness (QED) is 0.788. The molecule has 1 heteroatoms. The van der Waals surface area contributed by atoms with Gasteiger partial charge in [0.1, 0.15) is 0 Å². The molecule has 0 saturated heterocycles. The molecular formula is C16H25N. The molecule has 1 nitrogen and oxygen atoms in total. The number of hydrogen-bond acceptors (Lipinski definition) is 1. The van der Waals surface area contributed by atoms with Gasteiger partial charge in [-0.15, -0.1) is 0 Å². The van der Waals surface area contributed by atoms with Gasteiger partial charge in [-0.25, -0.2) is 0 Å². The van der Waals surface area contributed by atoms with E-state index in [2.05, 4.69) is 44.2 Å². The Morgan fingerprint density at radius 1 is 1.18 bits per heavy atom. The SMILES string of the molecule is CC(C)CCCC(N)C1CC1c1ccccc1. The van der Waals surface area contributed by atoms with Crippen LogP contribution in [-0.2, 0) is 0 Å². The predicted octanol–water partition coefficient (Wildman–Crippen LogP) is 3.94. The fourth-order valence-corrected chi connectivity index (χ4v) is 2.75.